The van der Waals surface area contributed by atoms with E-state index in [2.05, 4.69) is 10.2 Å². The maximum absolute atomic E-state index is 12.9. The second-order valence-electron chi connectivity index (χ2n) is 5.86. The van der Waals surface area contributed by atoms with Crippen molar-refractivity contribution in [2.75, 3.05) is 6.54 Å². The number of carboxylic acid groups (broad SMARTS) is 1. The minimum atomic E-state index is -1.01. The van der Waals surface area contributed by atoms with E-state index in [1.807, 2.05) is 12.1 Å². The van der Waals surface area contributed by atoms with Crippen LogP contribution in [0.4, 0.5) is 0 Å². The number of nitrogens with one attached hydrogen (secondary N) is 1. The first-order valence-corrected chi connectivity index (χ1v) is 7.70. The van der Waals surface area contributed by atoms with Crippen molar-refractivity contribution in [2.24, 2.45) is 0 Å². The summed E-state index contributed by atoms with van der Waals surface area (Å²) in [4.78, 5) is 26.2. The number of carboxylic acids is 1. The Morgan fingerprint density at radius 2 is 2.04 bits per heavy atom. The van der Waals surface area contributed by atoms with Gasteiger partial charge in [-0.3, -0.25) is 9.89 Å². The van der Waals surface area contributed by atoms with Gasteiger partial charge in [-0.05, 0) is 35.7 Å². The Morgan fingerprint density at radius 3 is 2.88 bits per heavy atom. The molecule has 6 nitrogen and oxygen atoms in total. The zero-order valence-electron chi connectivity index (χ0n) is 12.8. The van der Waals surface area contributed by atoms with Gasteiger partial charge >= 0.3 is 5.97 Å². The van der Waals surface area contributed by atoms with Crippen molar-refractivity contribution in [1.82, 2.24) is 15.1 Å². The molecule has 0 aliphatic carbocycles. The predicted octanol–water partition coefficient (Wildman–Crippen LogP) is 2.39. The van der Waals surface area contributed by atoms with Gasteiger partial charge in [0.15, 0.2) is 6.04 Å². The molecule has 1 aliphatic rings. The summed E-state index contributed by atoms with van der Waals surface area (Å²) >= 11 is 0. The van der Waals surface area contributed by atoms with Gasteiger partial charge in [0.1, 0.15) is 0 Å². The molecule has 120 valence electrons. The monoisotopic (exact) mass is 321 g/mol. The van der Waals surface area contributed by atoms with Crippen LogP contribution in [0.15, 0.2) is 48.7 Å². The van der Waals surface area contributed by atoms with Crippen molar-refractivity contribution < 1.29 is 14.7 Å². The van der Waals surface area contributed by atoms with E-state index >= 15 is 0 Å². The molecule has 1 amide bonds. The van der Waals surface area contributed by atoms with Crippen molar-refractivity contribution in [2.45, 2.75) is 12.5 Å². The molecule has 1 unspecified atom stereocenters. The predicted molar refractivity (Wildman–Crippen MR) is 87.7 cm³/mol. The molecule has 0 saturated heterocycles. The zero-order valence-corrected chi connectivity index (χ0v) is 12.8. The molecule has 24 heavy (non-hydrogen) atoms. The molecule has 1 atom stereocenters. The lowest BCUT2D eigenvalue weighted by Gasteiger charge is -2.34. The fourth-order valence-corrected chi connectivity index (χ4v) is 3.29. The molecule has 2 heterocycles. The van der Waals surface area contributed by atoms with E-state index in [-0.39, 0.29) is 5.91 Å². The van der Waals surface area contributed by atoms with E-state index in [0.29, 0.717) is 24.1 Å². The number of rotatable bonds is 2. The van der Waals surface area contributed by atoms with Crippen molar-refractivity contribution >= 4 is 22.8 Å². The van der Waals surface area contributed by atoms with E-state index in [0.717, 1.165) is 16.5 Å². The van der Waals surface area contributed by atoms with E-state index in [1.165, 1.54) is 4.90 Å². The number of carbonyl (C=O) groups excluding carboxylic acids is 1. The fraction of sp³-hybridized carbons (Fsp3) is 0.167. The molecule has 3 aromatic rings. The van der Waals surface area contributed by atoms with E-state index < -0.39 is 12.0 Å². The fourth-order valence-electron chi connectivity index (χ4n) is 3.29. The molecule has 0 radical (unpaired) electrons. The van der Waals surface area contributed by atoms with Crippen LogP contribution in [0.3, 0.4) is 0 Å². The summed E-state index contributed by atoms with van der Waals surface area (Å²) in [5.74, 6) is -1.29. The van der Waals surface area contributed by atoms with Gasteiger partial charge in [0.2, 0.25) is 0 Å². The van der Waals surface area contributed by atoms with Gasteiger partial charge in [-0.15, -0.1) is 0 Å². The molecular weight excluding hydrogens is 306 g/mol. The second-order valence-corrected chi connectivity index (χ2v) is 5.86. The lowest BCUT2D eigenvalue weighted by atomic mass is 9.92. The summed E-state index contributed by atoms with van der Waals surface area (Å²) in [5.41, 5.74) is 2.98. The highest BCUT2D eigenvalue weighted by molar-refractivity contribution is 6.00. The van der Waals surface area contributed by atoms with E-state index in [9.17, 15) is 14.7 Å². The first-order valence-electron chi connectivity index (χ1n) is 7.70. The van der Waals surface area contributed by atoms with Crippen LogP contribution in [0.5, 0.6) is 0 Å². The van der Waals surface area contributed by atoms with Crippen LogP contribution in [0.1, 0.15) is 27.5 Å². The number of hydrogen-bond donors (Lipinski definition) is 2. The third-order valence-electron chi connectivity index (χ3n) is 4.47. The number of H-pyrrole nitrogens is 1. The Morgan fingerprint density at radius 1 is 1.21 bits per heavy atom. The minimum absolute atomic E-state index is 0.278. The smallest absolute Gasteiger partial charge is 0.331 e. The normalized spacial score (nSPS) is 16.8. The summed E-state index contributed by atoms with van der Waals surface area (Å²) < 4.78 is 0. The van der Waals surface area contributed by atoms with Crippen LogP contribution in [0.2, 0.25) is 0 Å². The molecule has 6 heteroatoms. The summed E-state index contributed by atoms with van der Waals surface area (Å²) in [6, 6.07) is 11.7. The molecular formula is C18H15N3O3. The third-order valence-corrected chi connectivity index (χ3v) is 4.47. The SMILES string of the molecule is O=C(O)C1c2ccccc2CCN1C(=O)c1ccc2[nH]ncc2c1. The van der Waals surface area contributed by atoms with Gasteiger partial charge in [0, 0.05) is 17.5 Å². The van der Waals surface area contributed by atoms with E-state index in [4.69, 9.17) is 0 Å². The quantitative estimate of drug-likeness (QED) is 0.759. The summed E-state index contributed by atoms with van der Waals surface area (Å²) in [6.45, 7) is 0.385. The number of benzene rings is 2. The number of aromatic amines is 1. The number of carbonyl (C=O) groups is 2. The Bertz CT molecular complexity index is 947. The number of amides is 1. The lowest BCUT2D eigenvalue weighted by Crippen LogP contribution is -2.43. The highest BCUT2D eigenvalue weighted by Crippen LogP contribution is 2.31. The van der Waals surface area contributed by atoms with Gasteiger partial charge in [0.05, 0.1) is 11.7 Å². The highest BCUT2D eigenvalue weighted by Gasteiger charge is 2.36. The van der Waals surface area contributed by atoms with Gasteiger partial charge in [0.25, 0.3) is 5.91 Å². The lowest BCUT2D eigenvalue weighted by molar-refractivity contribution is -0.143. The molecule has 0 saturated carbocycles. The standard InChI is InChI=1S/C18H15N3O3/c22-17(12-5-6-15-13(9-12)10-19-20-15)21-8-7-11-3-1-2-4-14(11)16(21)18(23)24/h1-6,9-10,16H,7-8H2,(H,19,20)(H,23,24). The maximum atomic E-state index is 12.9. The van der Waals surface area contributed by atoms with Crippen LogP contribution in [-0.4, -0.2) is 38.6 Å². The molecule has 4 rings (SSSR count). The summed E-state index contributed by atoms with van der Waals surface area (Å²) in [7, 11) is 0. The van der Waals surface area contributed by atoms with Crippen LogP contribution in [0, 0.1) is 0 Å². The Labute approximate surface area is 137 Å². The van der Waals surface area contributed by atoms with Crippen LogP contribution in [0.25, 0.3) is 10.9 Å². The zero-order chi connectivity index (χ0) is 16.7. The Kier molecular flexibility index (Phi) is 3.30. The van der Waals surface area contributed by atoms with Gasteiger partial charge in [-0.2, -0.15) is 5.10 Å². The average molecular weight is 321 g/mol. The number of nitrogens with zero attached hydrogens (tertiary/aromatic N) is 2. The Balaban J connectivity index is 1.74. The van der Waals surface area contributed by atoms with E-state index in [1.54, 1.807) is 36.5 Å². The van der Waals surface area contributed by atoms with Gasteiger partial charge in [-0.25, -0.2) is 4.79 Å². The second kappa shape index (κ2) is 5.49. The number of aliphatic carboxylic acids is 1. The first-order chi connectivity index (χ1) is 11.6. The van der Waals surface area contributed by atoms with Crippen molar-refractivity contribution in [3.63, 3.8) is 0 Å². The van der Waals surface area contributed by atoms with Crippen LogP contribution in [-0.2, 0) is 11.2 Å². The number of hydrogen-bond acceptors (Lipinski definition) is 3. The summed E-state index contributed by atoms with van der Waals surface area (Å²) in [6.07, 6.45) is 2.30. The molecule has 2 aromatic carbocycles. The van der Waals surface area contributed by atoms with Crippen molar-refractivity contribution in [3.05, 3.63) is 65.4 Å². The topological polar surface area (TPSA) is 86.3 Å². The Hall–Kier alpha value is -3.15. The minimum Gasteiger partial charge on any atom is -0.479 e. The first kappa shape index (κ1) is 14.4. The molecule has 0 spiro atoms. The summed E-state index contributed by atoms with van der Waals surface area (Å²) in [5, 5.41) is 17.3. The maximum Gasteiger partial charge on any atom is 0.331 e. The number of aromatic nitrogens is 2. The van der Waals surface area contributed by atoms with Gasteiger partial charge in [-0.1, -0.05) is 24.3 Å². The average Bonchev–Trinajstić information content (AvgIpc) is 3.07. The van der Waals surface area contributed by atoms with Crippen LogP contribution >= 0.6 is 0 Å². The molecule has 1 aliphatic heterocycles. The highest BCUT2D eigenvalue weighted by atomic mass is 16.4. The number of fused-ring (bicyclic) bond motifs is 2. The van der Waals surface area contributed by atoms with Crippen molar-refractivity contribution in [3.8, 4) is 0 Å². The molecule has 2 N–H and O–H groups in total. The molecule has 0 bridgehead atoms. The molecule has 0 fully saturated rings. The molecule has 1 aromatic heterocycles. The largest absolute Gasteiger partial charge is 0.479 e. The third kappa shape index (κ3) is 2.23. The van der Waals surface area contributed by atoms with Gasteiger partial charge < -0.3 is 10.0 Å². The van der Waals surface area contributed by atoms with Crippen LogP contribution < -0.4 is 0 Å². The van der Waals surface area contributed by atoms with Crippen molar-refractivity contribution in [1.29, 1.82) is 0 Å².